The number of rotatable bonds is 4. The Morgan fingerprint density at radius 2 is 2.06 bits per heavy atom. The van der Waals surface area contributed by atoms with Gasteiger partial charge in [-0.1, -0.05) is 31.5 Å². The Balaban J connectivity index is 2.58. The van der Waals surface area contributed by atoms with E-state index in [2.05, 4.69) is 19.2 Å². The zero-order chi connectivity index (χ0) is 13.1. The topological polar surface area (TPSA) is 37.3 Å². The molecule has 1 aromatic heterocycles. The first-order valence-corrected chi connectivity index (χ1v) is 6.92. The van der Waals surface area contributed by atoms with Crippen LogP contribution in [0.1, 0.15) is 34.8 Å². The van der Waals surface area contributed by atoms with Crippen LogP contribution >= 0.6 is 11.3 Å². The first kappa shape index (κ1) is 12.8. The van der Waals surface area contributed by atoms with E-state index in [4.69, 9.17) is 0 Å². The van der Waals surface area contributed by atoms with E-state index in [1.54, 1.807) is 23.5 Å². The monoisotopic (exact) mass is 260 g/mol. The molecule has 0 aliphatic heterocycles. The van der Waals surface area contributed by atoms with Gasteiger partial charge in [-0.3, -0.25) is 0 Å². The Hall–Kier alpha value is -1.61. The van der Waals surface area contributed by atoms with E-state index in [1.165, 1.54) is 11.1 Å². The molecule has 0 saturated carbocycles. The van der Waals surface area contributed by atoms with Gasteiger partial charge in [0.1, 0.15) is 0 Å². The van der Waals surface area contributed by atoms with E-state index >= 15 is 0 Å². The molecule has 94 valence electrons. The number of carboxylic acid groups (broad SMARTS) is 1. The summed E-state index contributed by atoms with van der Waals surface area (Å²) in [4.78, 5) is 12.4. The molecule has 2 nitrogen and oxygen atoms in total. The number of thiophene rings is 1. The van der Waals surface area contributed by atoms with Crippen LogP contribution in [-0.2, 0) is 6.42 Å². The molecule has 0 aliphatic carbocycles. The van der Waals surface area contributed by atoms with Gasteiger partial charge < -0.3 is 5.11 Å². The van der Waals surface area contributed by atoms with Crippen LogP contribution in [0.5, 0.6) is 0 Å². The lowest BCUT2D eigenvalue weighted by Crippen LogP contribution is -1.99. The van der Waals surface area contributed by atoms with Crippen molar-refractivity contribution in [3.05, 3.63) is 46.3 Å². The Morgan fingerprint density at radius 1 is 1.33 bits per heavy atom. The molecule has 0 spiro atoms. The third-order valence-electron chi connectivity index (χ3n) is 3.01. The fourth-order valence-electron chi connectivity index (χ4n) is 2.12. The van der Waals surface area contributed by atoms with Gasteiger partial charge in [0.05, 0.1) is 5.56 Å². The van der Waals surface area contributed by atoms with E-state index in [0.29, 0.717) is 5.56 Å². The van der Waals surface area contributed by atoms with Gasteiger partial charge in [0.2, 0.25) is 0 Å². The predicted octanol–water partition coefficient (Wildman–Crippen LogP) is 4.37. The fraction of sp³-hybridized carbons (Fsp3) is 0.267. The van der Waals surface area contributed by atoms with Crippen LogP contribution in [0, 0.1) is 6.92 Å². The second-order valence-electron chi connectivity index (χ2n) is 4.33. The number of aromatic carboxylic acids is 1. The maximum atomic E-state index is 11.3. The van der Waals surface area contributed by atoms with Crippen LogP contribution in [0.3, 0.4) is 0 Å². The van der Waals surface area contributed by atoms with E-state index in [9.17, 15) is 9.90 Å². The van der Waals surface area contributed by atoms with Crippen LogP contribution in [0.15, 0.2) is 29.6 Å². The molecule has 0 radical (unpaired) electrons. The summed E-state index contributed by atoms with van der Waals surface area (Å²) < 4.78 is 0. The van der Waals surface area contributed by atoms with Gasteiger partial charge >= 0.3 is 5.97 Å². The normalized spacial score (nSPS) is 10.6. The molecule has 0 saturated heterocycles. The summed E-state index contributed by atoms with van der Waals surface area (Å²) in [5.74, 6) is -0.862. The molecule has 2 aromatic rings. The maximum Gasteiger partial charge on any atom is 0.336 e. The standard InChI is InChI=1S/C15H16O2S/c1-3-6-11-10(2)9-18-14(11)12-7-4-5-8-13(12)15(16)17/h4-5,7-9H,3,6H2,1-2H3,(H,16,17). The highest BCUT2D eigenvalue weighted by Crippen LogP contribution is 2.35. The molecule has 18 heavy (non-hydrogen) atoms. The second-order valence-corrected chi connectivity index (χ2v) is 5.21. The lowest BCUT2D eigenvalue weighted by Gasteiger charge is -2.07. The zero-order valence-electron chi connectivity index (χ0n) is 10.6. The van der Waals surface area contributed by atoms with Gasteiger partial charge in [-0.2, -0.15) is 0 Å². The molecule has 1 aromatic carbocycles. The lowest BCUT2D eigenvalue weighted by molar-refractivity contribution is 0.0698. The van der Waals surface area contributed by atoms with Crippen molar-refractivity contribution in [1.29, 1.82) is 0 Å². The average molecular weight is 260 g/mol. The summed E-state index contributed by atoms with van der Waals surface area (Å²) in [6.45, 7) is 4.23. The molecular formula is C15H16O2S. The highest BCUT2D eigenvalue weighted by atomic mass is 32.1. The number of carboxylic acids is 1. The average Bonchev–Trinajstić information content (AvgIpc) is 2.72. The summed E-state index contributed by atoms with van der Waals surface area (Å²) in [5, 5.41) is 11.4. The molecule has 0 bridgehead atoms. The molecule has 0 amide bonds. The largest absolute Gasteiger partial charge is 0.478 e. The highest BCUT2D eigenvalue weighted by Gasteiger charge is 2.16. The van der Waals surface area contributed by atoms with E-state index in [-0.39, 0.29) is 0 Å². The quantitative estimate of drug-likeness (QED) is 0.886. The lowest BCUT2D eigenvalue weighted by atomic mass is 9.99. The Bertz CT molecular complexity index is 570. The van der Waals surface area contributed by atoms with Crippen molar-refractivity contribution in [3.8, 4) is 10.4 Å². The molecule has 0 fully saturated rings. The molecule has 0 unspecified atom stereocenters. The first-order valence-electron chi connectivity index (χ1n) is 6.04. The number of hydrogen-bond acceptors (Lipinski definition) is 2. The van der Waals surface area contributed by atoms with Gasteiger partial charge in [-0.15, -0.1) is 11.3 Å². The third kappa shape index (κ3) is 2.31. The van der Waals surface area contributed by atoms with Crippen LogP contribution in [-0.4, -0.2) is 11.1 Å². The summed E-state index contributed by atoms with van der Waals surface area (Å²) in [6.07, 6.45) is 2.07. The molecular weight excluding hydrogens is 244 g/mol. The molecule has 3 heteroatoms. The van der Waals surface area contributed by atoms with Crippen molar-refractivity contribution in [2.45, 2.75) is 26.7 Å². The van der Waals surface area contributed by atoms with Crippen LogP contribution < -0.4 is 0 Å². The summed E-state index contributed by atoms with van der Waals surface area (Å²) >= 11 is 1.64. The molecule has 1 heterocycles. The number of aryl methyl sites for hydroxylation is 1. The van der Waals surface area contributed by atoms with Crippen LogP contribution in [0.2, 0.25) is 0 Å². The van der Waals surface area contributed by atoms with Gasteiger partial charge in [-0.25, -0.2) is 4.79 Å². The minimum Gasteiger partial charge on any atom is -0.478 e. The van der Waals surface area contributed by atoms with E-state index in [1.807, 2.05) is 12.1 Å². The summed E-state index contributed by atoms with van der Waals surface area (Å²) in [6, 6.07) is 7.23. The highest BCUT2D eigenvalue weighted by molar-refractivity contribution is 7.14. The van der Waals surface area contributed by atoms with E-state index < -0.39 is 5.97 Å². The number of carbonyl (C=O) groups is 1. The van der Waals surface area contributed by atoms with Crippen molar-refractivity contribution in [1.82, 2.24) is 0 Å². The Labute approximate surface area is 111 Å². The second kappa shape index (κ2) is 5.36. The smallest absolute Gasteiger partial charge is 0.336 e. The fourth-order valence-corrected chi connectivity index (χ4v) is 3.27. The minimum absolute atomic E-state index is 0.386. The zero-order valence-corrected chi connectivity index (χ0v) is 11.4. The van der Waals surface area contributed by atoms with Crippen molar-refractivity contribution in [2.75, 3.05) is 0 Å². The third-order valence-corrected chi connectivity index (χ3v) is 4.18. The summed E-state index contributed by atoms with van der Waals surface area (Å²) in [7, 11) is 0. The minimum atomic E-state index is -0.862. The van der Waals surface area contributed by atoms with Crippen LogP contribution in [0.25, 0.3) is 10.4 Å². The van der Waals surface area contributed by atoms with Gasteiger partial charge in [0.25, 0.3) is 0 Å². The molecule has 2 rings (SSSR count). The first-order chi connectivity index (χ1) is 8.65. The van der Waals surface area contributed by atoms with Gasteiger partial charge in [0, 0.05) is 10.4 Å². The molecule has 1 N–H and O–H groups in total. The van der Waals surface area contributed by atoms with Gasteiger partial charge in [0.15, 0.2) is 0 Å². The molecule has 0 aliphatic rings. The number of hydrogen-bond donors (Lipinski definition) is 1. The van der Waals surface area contributed by atoms with Gasteiger partial charge in [-0.05, 0) is 35.9 Å². The summed E-state index contributed by atoms with van der Waals surface area (Å²) in [5.41, 5.74) is 3.77. The Morgan fingerprint density at radius 3 is 2.72 bits per heavy atom. The predicted molar refractivity (Wildman–Crippen MR) is 75.4 cm³/mol. The van der Waals surface area contributed by atoms with E-state index in [0.717, 1.165) is 23.3 Å². The number of benzene rings is 1. The molecule has 0 atom stereocenters. The van der Waals surface area contributed by atoms with Crippen molar-refractivity contribution in [2.24, 2.45) is 0 Å². The Kier molecular flexibility index (Phi) is 3.82. The maximum absolute atomic E-state index is 11.3. The van der Waals surface area contributed by atoms with Crippen molar-refractivity contribution >= 4 is 17.3 Å². The SMILES string of the molecule is CCCc1c(C)csc1-c1ccccc1C(=O)O. The van der Waals surface area contributed by atoms with Crippen molar-refractivity contribution < 1.29 is 9.90 Å². The van der Waals surface area contributed by atoms with Crippen LogP contribution in [0.4, 0.5) is 0 Å². The van der Waals surface area contributed by atoms with Crippen molar-refractivity contribution in [3.63, 3.8) is 0 Å².